The third kappa shape index (κ3) is 3.58. The Kier molecular flexibility index (Phi) is 5.43. The molecule has 3 nitrogen and oxygen atoms in total. The van der Waals surface area contributed by atoms with Gasteiger partial charge >= 0.3 is 0 Å². The number of hydrogen-bond acceptors (Lipinski definition) is 3. The molecule has 90 valence electrons. The first-order chi connectivity index (χ1) is 7.69. The van der Waals surface area contributed by atoms with Crippen LogP contribution < -0.4 is 5.73 Å². The fourth-order valence-corrected chi connectivity index (χ4v) is 1.85. The molecule has 0 bridgehead atoms. The molecule has 0 amide bonds. The van der Waals surface area contributed by atoms with E-state index in [-0.39, 0.29) is 6.04 Å². The third-order valence-corrected chi connectivity index (χ3v) is 3.08. The zero-order valence-corrected chi connectivity index (χ0v) is 10.6. The van der Waals surface area contributed by atoms with Gasteiger partial charge in [0.25, 0.3) is 0 Å². The van der Waals surface area contributed by atoms with Crippen molar-refractivity contribution in [2.24, 2.45) is 11.7 Å². The van der Waals surface area contributed by atoms with Crippen molar-refractivity contribution in [3.63, 3.8) is 0 Å². The monoisotopic (exact) mass is 221 g/mol. The molecule has 0 aliphatic carbocycles. The minimum Gasteiger partial charge on any atom is -0.329 e. The van der Waals surface area contributed by atoms with Crippen molar-refractivity contribution in [2.75, 3.05) is 20.1 Å². The molecule has 2 unspecified atom stereocenters. The molecule has 2 N–H and O–H groups in total. The normalized spacial score (nSPS) is 15.1. The molecule has 0 radical (unpaired) electrons. The van der Waals surface area contributed by atoms with Crippen LogP contribution in [0.25, 0.3) is 0 Å². The van der Waals surface area contributed by atoms with Gasteiger partial charge in [-0.05, 0) is 25.1 Å². The molecule has 0 fully saturated rings. The number of aromatic nitrogens is 1. The van der Waals surface area contributed by atoms with Gasteiger partial charge in [-0.25, -0.2) is 0 Å². The predicted octanol–water partition coefficient (Wildman–Crippen LogP) is 2.06. The summed E-state index contributed by atoms with van der Waals surface area (Å²) >= 11 is 0. The fraction of sp³-hybridized carbons (Fsp3) is 0.615. The minimum absolute atomic E-state index is 0.232. The molecule has 0 aliphatic rings. The highest BCUT2D eigenvalue weighted by molar-refractivity contribution is 5.09. The van der Waals surface area contributed by atoms with E-state index in [0.29, 0.717) is 12.5 Å². The van der Waals surface area contributed by atoms with Gasteiger partial charge in [0.1, 0.15) is 0 Å². The van der Waals surface area contributed by atoms with Crippen LogP contribution in [0.15, 0.2) is 24.4 Å². The zero-order chi connectivity index (χ0) is 12.0. The summed E-state index contributed by atoms with van der Waals surface area (Å²) in [7, 11) is 2.12. The quantitative estimate of drug-likeness (QED) is 0.799. The topological polar surface area (TPSA) is 42.1 Å². The van der Waals surface area contributed by atoms with E-state index in [1.807, 2.05) is 24.4 Å². The van der Waals surface area contributed by atoms with E-state index in [1.165, 1.54) is 6.42 Å². The summed E-state index contributed by atoms with van der Waals surface area (Å²) in [6, 6.07) is 6.23. The summed E-state index contributed by atoms with van der Waals surface area (Å²) in [5.41, 5.74) is 6.91. The van der Waals surface area contributed by atoms with Gasteiger partial charge < -0.3 is 5.73 Å². The maximum absolute atomic E-state index is 5.84. The van der Waals surface area contributed by atoms with Crippen LogP contribution in [-0.4, -0.2) is 30.0 Å². The lowest BCUT2D eigenvalue weighted by atomic mass is 10.1. The van der Waals surface area contributed by atoms with Crippen molar-refractivity contribution in [3.05, 3.63) is 30.1 Å². The molecule has 1 aromatic rings. The molecule has 0 spiro atoms. The lowest BCUT2D eigenvalue weighted by Crippen LogP contribution is -2.34. The highest BCUT2D eigenvalue weighted by atomic mass is 15.1. The summed E-state index contributed by atoms with van der Waals surface area (Å²) < 4.78 is 0. The Balaban J connectivity index is 2.67. The van der Waals surface area contributed by atoms with Crippen molar-refractivity contribution in [2.45, 2.75) is 26.3 Å². The van der Waals surface area contributed by atoms with Crippen molar-refractivity contribution in [3.8, 4) is 0 Å². The molecule has 0 aliphatic heterocycles. The minimum atomic E-state index is 0.232. The second kappa shape index (κ2) is 6.61. The van der Waals surface area contributed by atoms with Crippen LogP contribution in [-0.2, 0) is 0 Å². The number of pyridine rings is 1. The number of nitrogens with two attached hydrogens (primary N) is 1. The van der Waals surface area contributed by atoms with Crippen LogP contribution in [0, 0.1) is 5.92 Å². The molecule has 1 heterocycles. The number of hydrogen-bond donors (Lipinski definition) is 1. The van der Waals surface area contributed by atoms with Gasteiger partial charge in [0.2, 0.25) is 0 Å². The van der Waals surface area contributed by atoms with Crippen LogP contribution >= 0.6 is 0 Å². The van der Waals surface area contributed by atoms with Gasteiger partial charge in [-0.3, -0.25) is 9.88 Å². The first-order valence-electron chi connectivity index (χ1n) is 6.00. The van der Waals surface area contributed by atoms with Crippen molar-refractivity contribution in [1.82, 2.24) is 9.88 Å². The average Bonchev–Trinajstić information content (AvgIpc) is 2.31. The Hall–Kier alpha value is -0.930. The number of rotatable bonds is 6. The first-order valence-corrected chi connectivity index (χ1v) is 6.00. The second-order valence-electron chi connectivity index (χ2n) is 4.46. The molecular weight excluding hydrogens is 198 g/mol. The van der Waals surface area contributed by atoms with Gasteiger partial charge in [0.05, 0.1) is 11.7 Å². The van der Waals surface area contributed by atoms with E-state index in [2.05, 4.69) is 30.8 Å². The molecule has 1 aromatic heterocycles. The summed E-state index contributed by atoms with van der Waals surface area (Å²) in [4.78, 5) is 6.68. The summed E-state index contributed by atoms with van der Waals surface area (Å²) in [6.07, 6.45) is 3.03. The van der Waals surface area contributed by atoms with Gasteiger partial charge in [0.15, 0.2) is 0 Å². The van der Waals surface area contributed by atoms with Gasteiger partial charge in [-0.15, -0.1) is 0 Å². The lowest BCUT2D eigenvalue weighted by Gasteiger charge is -2.28. The Morgan fingerprint density at radius 2 is 2.19 bits per heavy atom. The van der Waals surface area contributed by atoms with Crippen LogP contribution in [0.3, 0.4) is 0 Å². The fourth-order valence-electron chi connectivity index (χ4n) is 1.85. The molecule has 2 atom stereocenters. The average molecular weight is 221 g/mol. The Labute approximate surface area is 98.7 Å². The van der Waals surface area contributed by atoms with Crippen LogP contribution in [0.5, 0.6) is 0 Å². The SMILES string of the molecule is CCC(C)CN(C)C(CN)c1ccccn1. The smallest absolute Gasteiger partial charge is 0.0642 e. The third-order valence-electron chi connectivity index (χ3n) is 3.08. The van der Waals surface area contributed by atoms with E-state index < -0.39 is 0 Å². The van der Waals surface area contributed by atoms with E-state index in [1.54, 1.807) is 0 Å². The molecule has 0 saturated heterocycles. The largest absolute Gasteiger partial charge is 0.329 e. The van der Waals surface area contributed by atoms with Crippen molar-refractivity contribution >= 4 is 0 Å². The molecule has 3 heteroatoms. The molecule has 1 rings (SSSR count). The first kappa shape index (κ1) is 13.1. The number of likely N-dealkylation sites (N-methyl/N-ethyl adjacent to an activating group) is 1. The van der Waals surface area contributed by atoms with Gasteiger partial charge in [-0.2, -0.15) is 0 Å². The highest BCUT2D eigenvalue weighted by Crippen LogP contribution is 2.17. The molecule has 16 heavy (non-hydrogen) atoms. The molecule has 0 saturated carbocycles. The predicted molar refractivity (Wildman–Crippen MR) is 68.1 cm³/mol. The van der Waals surface area contributed by atoms with E-state index >= 15 is 0 Å². The van der Waals surface area contributed by atoms with Gasteiger partial charge in [0, 0.05) is 19.3 Å². The van der Waals surface area contributed by atoms with E-state index in [4.69, 9.17) is 5.73 Å². The maximum Gasteiger partial charge on any atom is 0.0642 e. The van der Waals surface area contributed by atoms with Crippen molar-refractivity contribution in [1.29, 1.82) is 0 Å². The van der Waals surface area contributed by atoms with Crippen LogP contribution in [0.1, 0.15) is 32.0 Å². The Morgan fingerprint density at radius 1 is 1.44 bits per heavy atom. The summed E-state index contributed by atoms with van der Waals surface area (Å²) in [5, 5.41) is 0. The Bertz CT molecular complexity index is 286. The highest BCUT2D eigenvalue weighted by Gasteiger charge is 2.17. The zero-order valence-electron chi connectivity index (χ0n) is 10.6. The Morgan fingerprint density at radius 3 is 2.69 bits per heavy atom. The molecule has 0 aromatic carbocycles. The molecular formula is C13H23N3. The number of nitrogens with zero attached hydrogens (tertiary/aromatic N) is 2. The second-order valence-corrected chi connectivity index (χ2v) is 4.46. The van der Waals surface area contributed by atoms with Crippen LogP contribution in [0.2, 0.25) is 0 Å². The summed E-state index contributed by atoms with van der Waals surface area (Å²) in [6.45, 7) is 6.16. The van der Waals surface area contributed by atoms with E-state index in [0.717, 1.165) is 12.2 Å². The van der Waals surface area contributed by atoms with E-state index in [9.17, 15) is 0 Å². The lowest BCUT2D eigenvalue weighted by molar-refractivity contribution is 0.212. The maximum atomic E-state index is 5.84. The van der Waals surface area contributed by atoms with Gasteiger partial charge in [-0.1, -0.05) is 26.3 Å². The summed E-state index contributed by atoms with van der Waals surface area (Å²) in [5.74, 6) is 0.697. The standard InChI is InChI=1S/C13H23N3/c1-4-11(2)10-16(3)13(9-14)12-7-5-6-8-15-12/h5-8,11,13H,4,9-10,14H2,1-3H3. The van der Waals surface area contributed by atoms with Crippen LogP contribution in [0.4, 0.5) is 0 Å². The van der Waals surface area contributed by atoms with Crippen molar-refractivity contribution < 1.29 is 0 Å².